The lowest BCUT2D eigenvalue weighted by molar-refractivity contribution is 0.0766. The van der Waals surface area contributed by atoms with Crippen LogP contribution in [0.15, 0.2) is 53.7 Å². The summed E-state index contributed by atoms with van der Waals surface area (Å²) in [5, 5.41) is -0.915. The van der Waals surface area contributed by atoms with E-state index in [1.54, 1.807) is 17.3 Å². The van der Waals surface area contributed by atoms with Gasteiger partial charge in [0.15, 0.2) is 19.7 Å². The lowest BCUT2D eigenvalue weighted by Crippen LogP contribution is -2.32. The van der Waals surface area contributed by atoms with Gasteiger partial charge in [0.2, 0.25) is 0 Å². The Bertz CT molecular complexity index is 1070. The van der Waals surface area contributed by atoms with Crippen LogP contribution in [0.4, 0.5) is 0 Å². The Hall–Kier alpha value is -2.26. The summed E-state index contributed by atoms with van der Waals surface area (Å²) in [5.74, 6) is -0.612. The van der Waals surface area contributed by atoms with E-state index in [0.717, 1.165) is 5.56 Å². The van der Waals surface area contributed by atoms with Crippen LogP contribution in [-0.2, 0) is 26.1 Å². The average molecular weight is 437 g/mol. The van der Waals surface area contributed by atoms with E-state index >= 15 is 0 Å². The Balaban J connectivity index is 1.70. The highest BCUT2D eigenvalue weighted by molar-refractivity contribution is 7.96. The number of rotatable bonds is 7. The van der Waals surface area contributed by atoms with Crippen molar-refractivity contribution >= 4 is 25.6 Å². The van der Waals surface area contributed by atoms with Gasteiger partial charge in [-0.1, -0.05) is 0 Å². The molecule has 1 unspecified atom stereocenters. The molecule has 29 heavy (non-hydrogen) atoms. The summed E-state index contributed by atoms with van der Waals surface area (Å²) in [6.45, 7) is 2.97. The number of aromatic nitrogens is 1. The summed E-state index contributed by atoms with van der Waals surface area (Å²) < 4.78 is 48.6. The second kappa shape index (κ2) is 8.62. The second-order valence-electron chi connectivity index (χ2n) is 7.08. The number of likely N-dealkylation sites (N-methyl/N-ethyl adjacent to an activating group) is 1. The molecule has 0 saturated carbocycles. The van der Waals surface area contributed by atoms with Gasteiger partial charge >= 0.3 is 0 Å². The standard InChI is InChI=1S/C20H24N2O5S2/c1-2-22(13-9-16-7-11-21-12-8-16)20(23)17-3-5-18(6-4-17)29(26,27)19-10-14-28(24,25)15-19/h3-8,11-12,19H,2,9-10,13-15H2,1H3. The Kier molecular flexibility index (Phi) is 6.38. The quantitative estimate of drug-likeness (QED) is 0.655. The zero-order valence-corrected chi connectivity index (χ0v) is 17.8. The van der Waals surface area contributed by atoms with Crippen molar-refractivity contribution in [3.63, 3.8) is 0 Å². The third-order valence-corrected chi connectivity index (χ3v) is 9.34. The average Bonchev–Trinajstić information content (AvgIpc) is 3.10. The fourth-order valence-electron chi connectivity index (χ4n) is 3.38. The molecule has 1 aromatic carbocycles. The number of benzene rings is 1. The first-order valence-electron chi connectivity index (χ1n) is 9.45. The van der Waals surface area contributed by atoms with Gasteiger partial charge in [-0.15, -0.1) is 0 Å². The van der Waals surface area contributed by atoms with E-state index in [1.807, 2.05) is 19.1 Å². The highest BCUT2D eigenvalue weighted by Gasteiger charge is 2.38. The van der Waals surface area contributed by atoms with Gasteiger partial charge in [0.25, 0.3) is 5.91 Å². The van der Waals surface area contributed by atoms with Crippen LogP contribution >= 0.6 is 0 Å². The van der Waals surface area contributed by atoms with Crippen LogP contribution in [0.5, 0.6) is 0 Å². The largest absolute Gasteiger partial charge is 0.339 e. The lowest BCUT2D eigenvalue weighted by atomic mass is 10.1. The van der Waals surface area contributed by atoms with E-state index < -0.39 is 24.9 Å². The zero-order chi connectivity index (χ0) is 21.1. The maximum Gasteiger partial charge on any atom is 0.253 e. The fraction of sp³-hybridized carbons (Fsp3) is 0.400. The van der Waals surface area contributed by atoms with Crippen molar-refractivity contribution < 1.29 is 21.6 Å². The normalized spacial score (nSPS) is 18.4. The molecule has 156 valence electrons. The first-order chi connectivity index (χ1) is 13.7. The Morgan fingerprint density at radius 3 is 2.34 bits per heavy atom. The van der Waals surface area contributed by atoms with Crippen LogP contribution in [0.2, 0.25) is 0 Å². The topological polar surface area (TPSA) is 101 Å². The molecular formula is C20H24N2O5S2. The summed E-state index contributed by atoms with van der Waals surface area (Å²) in [5.41, 5.74) is 1.48. The predicted molar refractivity (Wildman–Crippen MR) is 110 cm³/mol. The lowest BCUT2D eigenvalue weighted by Gasteiger charge is -2.21. The first-order valence-corrected chi connectivity index (χ1v) is 12.8. The minimum atomic E-state index is -3.73. The summed E-state index contributed by atoms with van der Waals surface area (Å²) in [7, 11) is -7.03. The van der Waals surface area contributed by atoms with Crippen LogP contribution in [0.25, 0.3) is 0 Å². The molecule has 2 heterocycles. The Labute approximate surface area is 171 Å². The number of sulfone groups is 2. The molecule has 0 radical (unpaired) electrons. The number of hydrogen-bond acceptors (Lipinski definition) is 6. The Morgan fingerprint density at radius 1 is 1.14 bits per heavy atom. The van der Waals surface area contributed by atoms with Crippen LogP contribution in [0, 0.1) is 0 Å². The molecule has 1 fully saturated rings. The van der Waals surface area contributed by atoms with Crippen molar-refractivity contribution in [3.8, 4) is 0 Å². The van der Waals surface area contributed by atoms with Crippen molar-refractivity contribution in [1.29, 1.82) is 0 Å². The molecule has 1 aliphatic heterocycles. The highest BCUT2D eigenvalue weighted by atomic mass is 32.2. The van der Waals surface area contributed by atoms with Gasteiger partial charge in [0, 0.05) is 31.0 Å². The van der Waals surface area contributed by atoms with Gasteiger partial charge in [-0.2, -0.15) is 0 Å². The summed E-state index contributed by atoms with van der Waals surface area (Å²) in [6, 6.07) is 9.58. The van der Waals surface area contributed by atoms with Crippen LogP contribution in [-0.4, -0.2) is 62.5 Å². The highest BCUT2D eigenvalue weighted by Crippen LogP contribution is 2.25. The minimum Gasteiger partial charge on any atom is -0.339 e. The molecule has 7 nitrogen and oxygen atoms in total. The number of carbonyl (C=O) groups excluding carboxylic acids is 1. The maximum atomic E-state index is 12.8. The van der Waals surface area contributed by atoms with E-state index in [4.69, 9.17) is 0 Å². The summed E-state index contributed by atoms with van der Waals surface area (Å²) in [4.78, 5) is 18.5. The minimum absolute atomic E-state index is 0.0518. The van der Waals surface area contributed by atoms with Crippen LogP contribution in [0.3, 0.4) is 0 Å². The molecule has 9 heteroatoms. The number of carbonyl (C=O) groups is 1. The number of amides is 1. The van der Waals surface area contributed by atoms with E-state index in [1.165, 1.54) is 24.3 Å². The van der Waals surface area contributed by atoms with Gasteiger partial charge in [-0.05, 0) is 61.7 Å². The van der Waals surface area contributed by atoms with Gasteiger partial charge in [0.05, 0.1) is 21.7 Å². The molecule has 1 amide bonds. The number of hydrogen-bond donors (Lipinski definition) is 0. The summed E-state index contributed by atoms with van der Waals surface area (Å²) >= 11 is 0. The molecular weight excluding hydrogens is 412 g/mol. The zero-order valence-electron chi connectivity index (χ0n) is 16.2. The van der Waals surface area contributed by atoms with Gasteiger partial charge in [-0.3, -0.25) is 9.78 Å². The van der Waals surface area contributed by atoms with E-state index in [-0.39, 0.29) is 28.7 Å². The molecule has 1 aromatic heterocycles. The number of pyridine rings is 1. The monoisotopic (exact) mass is 436 g/mol. The smallest absolute Gasteiger partial charge is 0.253 e. The maximum absolute atomic E-state index is 12.8. The molecule has 0 spiro atoms. The van der Waals surface area contributed by atoms with Gasteiger partial charge < -0.3 is 4.90 Å². The molecule has 3 rings (SSSR count). The molecule has 0 aliphatic carbocycles. The summed E-state index contributed by atoms with van der Waals surface area (Å²) in [6.07, 6.45) is 4.24. The van der Waals surface area contributed by atoms with Gasteiger partial charge in [0.1, 0.15) is 0 Å². The fourth-order valence-corrected chi connectivity index (χ4v) is 7.74. The van der Waals surface area contributed by atoms with E-state index in [0.29, 0.717) is 25.1 Å². The van der Waals surface area contributed by atoms with Crippen molar-refractivity contribution in [2.45, 2.75) is 29.9 Å². The van der Waals surface area contributed by atoms with E-state index in [9.17, 15) is 21.6 Å². The van der Waals surface area contributed by atoms with Crippen molar-refractivity contribution in [3.05, 3.63) is 59.9 Å². The second-order valence-corrected chi connectivity index (χ2v) is 11.5. The predicted octanol–water partition coefficient (Wildman–Crippen LogP) is 1.75. The van der Waals surface area contributed by atoms with Gasteiger partial charge in [-0.25, -0.2) is 16.8 Å². The SMILES string of the molecule is CCN(CCc1ccncc1)C(=O)c1ccc(S(=O)(=O)C2CCS(=O)(=O)C2)cc1. The van der Waals surface area contributed by atoms with E-state index in [2.05, 4.69) is 4.98 Å². The molecule has 0 bridgehead atoms. The number of nitrogens with zero attached hydrogens (tertiary/aromatic N) is 2. The molecule has 1 atom stereocenters. The molecule has 0 N–H and O–H groups in total. The van der Waals surface area contributed by atoms with Crippen molar-refractivity contribution in [2.24, 2.45) is 0 Å². The first kappa shape index (κ1) is 21.4. The molecule has 1 saturated heterocycles. The third-order valence-electron chi connectivity index (χ3n) is 5.15. The molecule has 2 aromatic rings. The van der Waals surface area contributed by atoms with Crippen LogP contribution in [0.1, 0.15) is 29.3 Å². The van der Waals surface area contributed by atoms with Crippen LogP contribution < -0.4 is 0 Å². The molecule has 1 aliphatic rings. The van der Waals surface area contributed by atoms with Crippen molar-refractivity contribution in [1.82, 2.24) is 9.88 Å². The van der Waals surface area contributed by atoms with Crippen molar-refractivity contribution in [2.75, 3.05) is 24.6 Å². The Morgan fingerprint density at radius 2 is 1.79 bits per heavy atom. The third kappa shape index (κ3) is 5.02.